The van der Waals surface area contributed by atoms with Crippen LogP contribution in [0.25, 0.3) is 10.2 Å². The predicted molar refractivity (Wildman–Crippen MR) is 83.4 cm³/mol. The summed E-state index contributed by atoms with van der Waals surface area (Å²) in [7, 11) is 2.06. The summed E-state index contributed by atoms with van der Waals surface area (Å²) in [6, 6.07) is 2.54. The van der Waals surface area contributed by atoms with Crippen molar-refractivity contribution < 1.29 is 0 Å². The summed E-state index contributed by atoms with van der Waals surface area (Å²) in [5, 5.41) is 1.42. The van der Waals surface area contributed by atoms with Crippen LogP contribution in [0.5, 0.6) is 0 Å². The van der Waals surface area contributed by atoms with Crippen molar-refractivity contribution in [2.45, 2.75) is 19.9 Å². The van der Waals surface area contributed by atoms with E-state index in [1.165, 1.54) is 4.88 Å². The third-order valence-electron chi connectivity index (χ3n) is 2.87. The summed E-state index contributed by atoms with van der Waals surface area (Å²) in [4.78, 5) is 13.1. The van der Waals surface area contributed by atoms with Crippen LogP contribution in [0, 0.1) is 6.92 Å². The molecule has 1 unspecified atom stereocenters. The van der Waals surface area contributed by atoms with Gasteiger partial charge in [0.25, 0.3) is 0 Å². The molecular formula is C12H16ClN3S2. The van der Waals surface area contributed by atoms with Gasteiger partial charge >= 0.3 is 0 Å². The van der Waals surface area contributed by atoms with E-state index in [0.29, 0.717) is 11.3 Å². The Morgan fingerprint density at radius 1 is 1.50 bits per heavy atom. The summed E-state index contributed by atoms with van der Waals surface area (Å²) in [5.41, 5.74) is 0. The normalized spacial score (nSPS) is 12.9. The summed E-state index contributed by atoms with van der Waals surface area (Å²) in [6.07, 6.45) is 2.11. The molecule has 0 spiro atoms. The molecule has 1 atom stereocenters. The van der Waals surface area contributed by atoms with E-state index in [9.17, 15) is 0 Å². The molecule has 0 bridgehead atoms. The van der Waals surface area contributed by atoms with Crippen molar-refractivity contribution in [1.29, 1.82) is 0 Å². The monoisotopic (exact) mass is 301 g/mol. The Hall–Kier alpha value is -0.520. The van der Waals surface area contributed by atoms with Crippen LogP contribution in [0.15, 0.2) is 6.07 Å². The third-order valence-corrected chi connectivity index (χ3v) is 4.80. The molecule has 2 rings (SSSR count). The fourth-order valence-electron chi connectivity index (χ4n) is 1.83. The van der Waals surface area contributed by atoms with Gasteiger partial charge < -0.3 is 4.90 Å². The van der Waals surface area contributed by atoms with Gasteiger partial charge in [0.1, 0.15) is 10.6 Å². The second-order valence-corrected chi connectivity index (χ2v) is 6.79. The van der Waals surface area contributed by atoms with E-state index in [1.807, 2.05) is 11.8 Å². The SMILES string of the molecule is CSCC(C)N(C)c1nc(Cl)nc2sc(C)cc12. The lowest BCUT2D eigenvalue weighted by Gasteiger charge is -2.25. The van der Waals surface area contributed by atoms with E-state index in [4.69, 9.17) is 11.6 Å². The number of rotatable bonds is 4. The number of hydrogen-bond acceptors (Lipinski definition) is 5. The molecule has 6 heteroatoms. The molecule has 2 aromatic heterocycles. The quantitative estimate of drug-likeness (QED) is 0.802. The molecule has 0 radical (unpaired) electrons. The maximum absolute atomic E-state index is 6.01. The molecule has 0 N–H and O–H groups in total. The number of halogens is 1. The molecule has 18 heavy (non-hydrogen) atoms. The molecule has 0 amide bonds. The molecule has 0 aromatic carbocycles. The molecule has 0 aliphatic carbocycles. The average molecular weight is 302 g/mol. The molecule has 0 saturated heterocycles. The number of anilines is 1. The fraction of sp³-hybridized carbons (Fsp3) is 0.500. The van der Waals surface area contributed by atoms with Crippen molar-refractivity contribution in [3.8, 4) is 0 Å². The van der Waals surface area contributed by atoms with Gasteiger partial charge in [0.15, 0.2) is 0 Å². The van der Waals surface area contributed by atoms with Gasteiger partial charge in [0, 0.05) is 23.7 Å². The Kier molecular flexibility index (Phi) is 4.35. The highest BCUT2D eigenvalue weighted by Gasteiger charge is 2.17. The molecular weight excluding hydrogens is 286 g/mol. The van der Waals surface area contributed by atoms with Gasteiger partial charge in [0.2, 0.25) is 5.28 Å². The van der Waals surface area contributed by atoms with Crippen LogP contribution in [0.3, 0.4) is 0 Å². The number of thioether (sulfide) groups is 1. The summed E-state index contributed by atoms with van der Waals surface area (Å²) in [5.74, 6) is 1.99. The molecule has 0 aliphatic rings. The summed E-state index contributed by atoms with van der Waals surface area (Å²) >= 11 is 9.50. The smallest absolute Gasteiger partial charge is 0.225 e. The van der Waals surface area contributed by atoms with Crippen molar-refractivity contribution in [2.75, 3.05) is 24.0 Å². The number of hydrogen-bond donors (Lipinski definition) is 0. The van der Waals surface area contributed by atoms with E-state index >= 15 is 0 Å². The first kappa shape index (κ1) is 13.9. The van der Waals surface area contributed by atoms with E-state index in [0.717, 1.165) is 21.8 Å². The maximum atomic E-state index is 6.01. The standard InChI is InChI=1S/C12H16ClN3S2/c1-7(6-17-4)16(3)10-9-5-8(2)18-11(9)15-12(13)14-10/h5,7H,6H2,1-4H3. The first-order valence-electron chi connectivity index (χ1n) is 5.68. The molecule has 0 fully saturated rings. The second kappa shape index (κ2) is 5.63. The first-order chi connectivity index (χ1) is 8.52. The van der Waals surface area contributed by atoms with Crippen molar-refractivity contribution in [1.82, 2.24) is 9.97 Å². The lowest BCUT2D eigenvalue weighted by Crippen LogP contribution is -2.31. The van der Waals surface area contributed by atoms with E-state index in [-0.39, 0.29) is 0 Å². The Morgan fingerprint density at radius 3 is 2.89 bits per heavy atom. The van der Waals surface area contributed by atoms with E-state index in [2.05, 4.69) is 48.1 Å². The predicted octanol–water partition coefficient (Wildman–Crippen LogP) is 3.84. The number of nitrogens with zero attached hydrogens (tertiary/aromatic N) is 3. The van der Waals surface area contributed by atoms with Crippen LogP contribution in [-0.4, -0.2) is 35.1 Å². The highest BCUT2D eigenvalue weighted by atomic mass is 35.5. The van der Waals surface area contributed by atoms with Crippen molar-refractivity contribution >= 4 is 50.7 Å². The number of aryl methyl sites for hydroxylation is 1. The van der Waals surface area contributed by atoms with Gasteiger partial charge in [0.05, 0.1) is 5.39 Å². The minimum Gasteiger partial charge on any atom is -0.355 e. The Balaban J connectivity index is 2.48. The number of thiophene rings is 1. The van der Waals surface area contributed by atoms with Crippen LogP contribution in [0.1, 0.15) is 11.8 Å². The van der Waals surface area contributed by atoms with Crippen LogP contribution >= 0.6 is 34.7 Å². The fourth-order valence-corrected chi connectivity index (χ4v) is 3.63. The molecule has 2 heterocycles. The summed E-state index contributed by atoms with van der Waals surface area (Å²) in [6.45, 7) is 4.27. The zero-order valence-corrected chi connectivity index (χ0v) is 13.3. The van der Waals surface area contributed by atoms with E-state index in [1.54, 1.807) is 11.3 Å². The lowest BCUT2D eigenvalue weighted by atomic mass is 10.3. The zero-order valence-electron chi connectivity index (χ0n) is 10.9. The number of fused-ring (bicyclic) bond motifs is 1. The number of aromatic nitrogens is 2. The van der Waals surface area contributed by atoms with Crippen molar-refractivity contribution in [3.63, 3.8) is 0 Å². The van der Waals surface area contributed by atoms with E-state index < -0.39 is 0 Å². The highest BCUT2D eigenvalue weighted by Crippen LogP contribution is 2.32. The van der Waals surface area contributed by atoms with Crippen LogP contribution in [0.2, 0.25) is 5.28 Å². The average Bonchev–Trinajstić information content (AvgIpc) is 2.67. The third kappa shape index (κ3) is 2.73. The molecule has 3 nitrogen and oxygen atoms in total. The molecule has 0 aliphatic heterocycles. The van der Waals surface area contributed by atoms with Crippen LogP contribution < -0.4 is 4.90 Å². The van der Waals surface area contributed by atoms with Gasteiger partial charge in [-0.1, -0.05) is 0 Å². The zero-order chi connectivity index (χ0) is 13.3. The van der Waals surface area contributed by atoms with Gasteiger partial charge in [-0.15, -0.1) is 11.3 Å². The van der Waals surface area contributed by atoms with Gasteiger partial charge in [-0.2, -0.15) is 16.7 Å². The van der Waals surface area contributed by atoms with Gasteiger partial charge in [-0.3, -0.25) is 0 Å². The Bertz CT molecular complexity index is 555. The topological polar surface area (TPSA) is 29.0 Å². The van der Waals surface area contributed by atoms with Crippen LogP contribution in [0.4, 0.5) is 5.82 Å². The van der Waals surface area contributed by atoms with Crippen LogP contribution in [-0.2, 0) is 0 Å². The Morgan fingerprint density at radius 2 is 2.22 bits per heavy atom. The van der Waals surface area contributed by atoms with Gasteiger partial charge in [-0.05, 0) is 37.8 Å². The van der Waals surface area contributed by atoms with Crippen molar-refractivity contribution in [2.24, 2.45) is 0 Å². The molecule has 98 valence electrons. The minimum atomic E-state index is 0.322. The lowest BCUT2D eigenvalue weighted by molar-refractivity contribution is 0.756. The van der Waals surface area contributed by atoms with Crippen molar-refractivity contribution in [3.05, 3.63) is 16.2 Å². The largest absolute Gasteiger partial charge is 0.355 e. The maximum Gasteiger partial charge on any atom is 0.225 e. The molecule has 0 saturated carbocycles. The summed E-state index contributed by atoms with van der Waals surface area (Å²) < 4.78 is 0. The first-order valence-corrected chi connectivity index (χ1v) is 8.27. The highest BCUT2D eigenvalue weighted by molar-refractivity contribution is 7.98. The van der Waals surface area contributed by atoms with Gasteiger partial charge in [-0.25, -0.2) is 4.98 Å². The molecule has 2 aromatic rings. The minimum absolute atomic E-state index is 0.322. The second-order valence-electron chi connectivity index (χ2n) is 4.31. The Labute approximate surface area is 121 Å².